The molecule has 19 heavy (non-hydrogen) atoms. The smallest absolute Gasteiger partial charge is 0.241 e. The van der Waals surface area contributed by atoms with Crippen LogP contribution in [-0.4, -0.2) is 13.4 Å². The molecule has 0 atom stereocenters. The van der Waals surface area contributed by atoms with Crippen LogP contribution in [0.3, 0.4) is 0 Å². The third-order valence-corrected chi connectivity index (χ3v) is 4.13. The zero-order chi connectivity index (χ0) is 14.0. The first-order valence-electron chi connectivity index (χ1n) is 5.65. The summed E-state index contributed by atoms with van der Waals surface area (Å²) >= 11 is 0. The quantitative estimate of drug-likeness (QED) is 0.824. The zero-order valence-electron chi connectivity index (χ0n) is 10.7. The highest BCUT2D eigenvalue weighted by Crippen LogP contribution is 2.18. The number of rotatable bonds is 4. The van der Waals surface area contributed by atoms with E-state index in [-0.39, 0.29) is 11.4 Å². The number of nitrogens with zero attached hydrogens (tertiary/aromatic N) is 1. The van der Waals surface area contributed by atoms with Crippen LogP contribution < -0.4 is 10.5 Å². The van der Waals surface area contributed by atoms with Gasteiger partial charge in [-0.2, -0.15) is 0 Å². The van der Waals surface area contributed by atoms with E-state index in [0.29, 0.717) is 22.9 Å². The Morgan fingerprint density at radius 2 is 2.11 bits per heavy atom. The molecule has 0 saturated heterocycles. The Kier molecular flexibility index (Phi) is 3.59. The van der Waals surface area contributed by atoms with Gasteiger partial charge in [-0.05, 0) is 37.6 Å². The number of nitrogens with one attached hydrogen (secondary N) is 1. The molecule has 6 nitrogen and oxygen atoms in total. The minimum absolute atomic E-state index is 0.0139. The van der Waals surface area contributed by atoms with Crippen LogP contribution in [-0.2, 0) is 16.6 Å². The summed E-state index contributed by atoms with van der Waals surface area (Å²) in [5, 5.41) is 0. The monoisotopic (exact) mass is 281 g/mol. The van der Waals surface area contributed by atoms with Crippen LogP contribution in [0.2, 0.25) is 0 Å². The molecule has 2 aromatic rings. The number of sulfonamides is 1. The van der Waals surface area contributed by atoms with Gasteiger partial charge in [0, 0.05) is 5.69 Å². The van der Waals surface area contributed by atoms with Gasteiger partial charge in [-0.15, -0.1) is 0 Å². The molecule has 0 saturated carbocycles. The van der Waals surface area contributed by atoms with Crippen molar-refractivity contribution in [3.63, 3.8) is 0 Å². The molecular formula is C12H15N3O3S. The summed E-state index contributed by atoms with van der Waals surface area (Å²) in [5.74, 6) is 0.965. The summed E-state index contributed by atoms with van der Waals surface area (Å²) in [5.41, 5.74) is 6.72. The summed E-state index contributed by atoms with van der Waals surface area (Å²) in [6.07, 6.45) is 1.54. The van der Waals surface area contributed by atoms with Crippen molar-refractivity contribution in [1.29, 1.82) is 0 Å². The van der Waals surface area contributed by atoms with Gasteiger partial charge in [0.1, 0.15) is 5.76 Å². The number of anilines is 1. The Balaban J connectivity index is 2.18. The van der Waals surface area contributed by atoms with E-state index in [0.717, 1.165) is 0 Å². The van der Waals surface area contributed by atoms with Gasteiger partial charge in [0.25, 0.3) is 0 Å². The average molecular weight is 281 g/mol. The molecule has 0 aliphatic rings. The van der Waals surface area contributed by atoms with Crippen LogP contribution in [0.4, 0.5) is 5.69 Å². The second kappa shape index (κ2) is 5.02. The van der Waals surface area contributed by atoms with E-state index in [1.807, 2.05) is 0 Å². The maximum absolute atomic E-state index is 12.1. The van der Waals surface area contributed by atoms with Crippen LogP contribution in [0.15, 0.2) is 33.7 Å². The van der Waals surface area contributed by atoms with E-state index < -0.39 is 10.0 Å². The van der Waals surface area contributed by atoms with E-state index in [1.54, 1.807) is 26.0 Å². The van der Waals surface area contributed by atoms with Crippen molar-refractivity contribution >= 4 is 15.7 Å². The number of nitrogens with two attached hydrogens (primary N) is 1. The SMILES string of the molecule is Cc1cnc(CNS(=O)(=O)c2ccc(N)cc2C)o1. The second-order valence-electron chi connectivity index (χ2n) is 4.21. The van der Waals surface area contributed by atoms with Crippen molar-refractivity contribution in [2.75, 3.05) is 5.73 Å². The first-order chi connectivity index (χ1) is 8.88. The molecule has 0 amide bonds. The van der Waals surface area contributed by atoms with Crippen molar-refractivity contribution in [3.8, 4) is 0 Å². The van der Waals surface area contributed by atoms with Gasteiger partial charge in [-0.1, -0.05) is 0 Å². The van der Waals surface area contributed by atoms with Gasteiger partial charge < -0.3 is 10.2 Å². The average Bonchev–Trinajstić information content (AvgIpc) is 2.72. The van der Waals surface area contributed by atoms with Gasteiger partial charge >= 0.3 is 0 Å². The number of aryl methyl sites for hydroxylation is 2. The van der Waals surface area contributed by atoms with Gasteiger partial charge in [0.2, 0.25) is 15.9 Å². The molecule has 102 valence electrons. The van der Waals surface area contributed by atoms with Crippen LogP contribution in [0, 0.1) is 13.8 Å². The lowest BCUT2D eigenvalue weighted by molar-refractivity contribution is 0.463. The maximum atomic E-state index is 12.1. The van der Waals surface area contributed by atoms with E-state index in [9.17, 15) is 8.42 Å². The fourth-order valence-corrected chi connectivity index (χ4v) is 2.89. The Morgan fingerprint density at radius 3 is 2.68 bits per heavy atom. The van der Waals surface area contributed by atoms with E-state index in [2.05, 4.69) is 9.71 Å². The van der Waals surface area contributed by atoms with Gasteiger partial charge in [-0.25, -0.2) is 18.1 Å². The molecule has 0 unspecified atom stereocenters. The van der Waals surface area contributed by atoms with Gasteiger partial charge in [0.05, 0.1) is 17.6 Å². The molecule has 7 heteroatoms. The Bertz CT molecular complexity index is 692. The number of benzene rings is 1. The van der Waals surface area contributed by atoms with Crippen molar-refractivity contribution in [1.82, 2.24) is 9.71 Å². The number of hydrogen-bond donors (Lipinski definition) is 2. The summed E-state index contributed by atoms with van der Waals surface area (Å²) in [7, 11) is -3.60. The third kappa shape index (κ3) is 3.12. The maximum Gasteiger partial charge on any atom is 0.241 e. The van der Waals surface area contributed by atoms with E-state index >= 15 is 0 Å². The van der Waals surface area contributed by atoms with Crippen LogP contribution in [0.25, 0.3) is 0 Å². The number of oxazole rings is 1. The summed E-state index contributed by atoms with van der Waals surface area (Å²) in [6.45, 7) is 3.45. The zero-order valence-corrected chi connectivity index (χ0v) is 11.5. The normalized spacial score (nSPS) is 11.7. The molecule has 2 rings (SSSR count). The standard InChI is InChI=1S/C12H15N3O3S/c1-8-5-10(13)3-4-11(8)19(16,17)15-7-12-14-6-9(2)18-12/h3-6,15H,7,13H2,1-2H3. The number of nitrogen functional groups attached to an aromatic ring is 1. The molecule has 1 aromatic heterocycles. The first kappa shape index (κ1) is 13.6. The molecule has 0 radical (unpaired) electrons. The highest BCUT2D eigenvalue weighted by atomic mass is 32.2. The van der Waals surface area contributed by atoms with Crippen molar-refractivity contribution < 1.29 is 12.8 Å². The number of aromatic nitrogens is 1. The molecule has 0 bridgehead atoms. The Morgan fingerprint density at radius 1 is 1.37 bits per heavy atom. The lowest BCUT2D eigenvalue weighted by atomic mass is 10.2. The second-order valence-corrected chi connectivity index (χ2v) is 5.95. The molecule has 1 aromatic carbocycles. The fraction of sp³-hybridized carbons (Fsp3) is 0.250. The molecule has 1 heterocycles. The van der Waals surface area contributed by atoms with Crippen molar-refractivity contribution in [3.05, 3.63) is 41.6 Å². The number of hydrogen-bond acceptors (Lipinski definition) is 5. The predicted octanol–water partition coefficient (Wildman–Crippen LogP) is 1.35. The van der Waals surface area contributed by atoms with E-state index in [4.69, 9.17) is 10.2 Å². The lowest BCUT2D eigenvalue weighted by Gasteiger charge is -2.08. The summed E-state index contributed by atoms with van der Waals surface area (Å²) in [4.78, 5) is 4.13. The van der Waals surface area contributed by atoms with E-state index in [1.165, 1.54) is 12.3 Å². The molecule has 0 fully saturated rings. The van der Waals surface area contributed by atoms with Crippen LogP contribution in [0.1, 0.15) is 17.2 Å². The highest BCUT2D eigenvalue weighted by molar-refractivity contribution is 7.89. The molecule has 0 spiro atoms. The lowest BCUT2D eigenvalue weighted by Crippen LogP contribution is -2.24. The molecule has 0 aliphatic carbocycles. The Hall–Kier alpha value is -1.86. The molecule has 0 aliphatic heterocycles. The van der Waals surface area contributed by atoms with Crippen LogP contribution in [0.5, 0.6) is 0 Å². The topological polar surface area (TPSA) is 98.2 Å². The minimum Gasteiger partial charge on any atom is -0.445 e. The first-order valence-corrected chi connectivity index (χ1v) is 7.14. The van der Waals surface area contributed by atoms with Crippen LogP contribution >= 0.6 is 0 Å². The molecule has 3 N–H and O–H groups in total. The fourth-order valence-electron chi connectivity index (χ4n) is 1.69. The predicted molar refractivity (Wildman–Crippen MR) is 70.9 cm³/mol. The summed E-state index contributed by atoms with van der Waals surface area (Å²) in [6, 6.07) is 4.65. The Labute approximate surface area is 111 Å². The highest BCUT2D eigenvalue weighted by Gasteiger charge is 2.17. The van der Waals surface area contributed by atoms with Crippen molar-refractivity contribution in [2.24, 2.45) is 0 Å². The third-order valence-electron chi connectivity index (χ3n) is 2.57. The molecular weight excluding hydrogens is 266 g/mol. The van der Waals surface area contributed by atoms with Crippen molar-refractivity contribution in [2.45, 2.75) is 25.3 Å². The largest absolute Gasteiger partial charge is 0.445 e. The van der Waals surface area contributed by atoms with Gasteiger partial charge in [-0.3, -0.25) is 0 Å². The summed E-state index contributed by atoms with van der Waals surface area (Å²) < 4.78 is 31.9. The van der Waals surface area contributed by atoms with Gasteiger partial charge in [0.15, 0.2) is 0 Å². The minimum atomic E-state index is -3.60.